The van der Waals surface area contributed by atoms with Gasteiger partial charge in [0.1, 0.15) is 5.82 Å². The van der Waals surface area contributed by atoms with E-state index in [9.17, 15) is 4.39 Å². The van der Waals surface area contributed by atoms with Gasteiger partial charge < -0.3 is 0 Å². The van der Waals surface area contributed by atoms with Crippen LogP contribution in [0.5, 0.6) is 0 Å². The Morgan fingerprint density at radius 2 is 0.900 bits per heavy atom. The maximum absolute atomic E-state index is 13.5. The Kier molecular flexibility index (Phi) is 3.90. The molecule has 0 unspecified atom stereocenters. The van der Waals surface area contributed by atoms with Gasteiger partial charge in [-0.25, -0.2) is 4.39 Å². The standard InChI is InChI=1S/C28H16BrF/c29-21-9-1-17(2-10-21)23-13-5-19-8-16-26-24(18-3-11-22(30)12-4-18)14-6-20-7-15-25(23)27(19)28(20)26/h1-16H. The Morgan fingerprint density at radius 1 is 0.467 bits per heavy atom. The fraction of sp³-hybridized carbons (Fsp3) is 0. The average Bonchev–Trinajstić information content (AvgIpc) is 2.78. The van der Waals surface area contributed by atoms with Crippen LogP contribution in [-0.2, 0) is 0 Å². The largest absolute Gasteiger partial charge is 0.207 e. The number of benzene rings is 6. The minimum absolute atomic E-state index is 0.212. The van der Waals surface area contributed by atoms with Crippen LogP contribution in [0.15, 0.2) is 102 Å². The zero-order valence-electron chi connectivity index (χ0n) is 16.0. The van der Waals surface area contributed by atoms with Crippen molar-refractivity contribution in [1.29, 1.82) is 0 Å². The van der Waals surface area contributed by atoms with Gasteiger partial charge in [-0.3, -0.25) is 0 Å². The normalized spacial score (nSPS) is 11.7. The summed E-state index contributed by atoms with van der Waals surface area (Å²) >= 11 is 3.53. The zero-order valence-corrected chi connectivity index (χ0v) is 17.6. The Balaban J connectivity index is 1.71. The van der Waals surface area contributed by atoms with Crippen LogP contribution < -0.4 is 0 Å². The fourth-order valence-electron chi connectivity index (χ4n) is 4.56. The molecule has 0 saturated carbocycles. The lowest BCUT2D eigenvalue weighted by atomic mass is 9.87. The topological polar surface area (TPSA) is 0 Å². The van der Waals surface area contributed by atoms with Crippen LogP contribution in [0.25, 0.3) is 54.6 Å². The van der Waals surface area contributed by atoms with E-state index in [1.807, 2.05) is 12.1 Å². The molecule has 0 fully saturated rings. The van der Waals surface area contributed by atoms with E-state index in [0.717, 1.165) is 15.6 Å². The maximum atomic E-state index is 13.5. The van der Waals surface area contributed by atoms with Gasteiger partial charge in [0.05, 0.1) is 0 Å². The lowest BCUT2D eigenvalue weighted by Crippen LogP contribution is -1.89. The third kappa shape index (κ3) is 2.64. The van der Waals surface area contributed by atoms with Crippen LogP contribution in [0, 0.1) is 5.82 Å². The van der Waals surface area contributed by atoms with Gasteiger partial charge in [0.25, 0.3) is 0 Å². The van der Waals surface area contributed by atoms with Crippen LogP contribution in [0.3, 0.4) is 0 Å². The molecule has 0 aliphatic rings. The summed E-state index contributed by atoms with van der Waals surface area (Å²) in [6, 6.07) is 32.8. The number of hydrogen-bond donors (Lipinski definition) is 0. The van der Waals surface area contributed by atoms with Crippen molar-refractivity contribution in [3.8, 4) is 22.3 Å². The molecule has 6 rings (SSSR count). The summed E-state index contributed by atoms with van der Waals surface area (Å²) in [5, 5.41) is 7.47. The molecule has 0 aliphatic heterocycles. The number of hydrogen-bond acceptors (Lipinski definition) is 0. The minimum Gasteiger partial charge on any atom is -0.207 e. The number of rotatable bonds is 2. The van der Waals surface area contributed by atoms with Gasteiger partial charge in [0.2, 0.25) is 0 Å². The first kappa shape index (κ1) is 17.6. The van der Waals surface area contributed by atoms with E-state index in [0.29, 0.717) is 0 Å². The lowest BCUT2D eigenvalue weighted by Gasteiger charge is -2.16. The molecule has 0 saturated heterocycles. The third-order valence-electron chi connectivity index (χ3n) is 5.98. The summed E-state index contributed by atoms with van der Waals surface area (Å²) in [7, 11) is 0. The second-order valence-corrected chi connectivity index (χ2v) is 8.58. The summed E-state index contributed by atoms with van der Waals surface area (Å²) < 4.78 is 14.5. The third-order valence-corrected chi connectivity index (χ3v) is 6.50. The van der Waals surface area contributed by atoms with E-state index in [4.69, 9.17) is 0 Å². The van der Waals surface area contributed by atoms with Crippen LogP contribution in [-0.4, -0.2) is 0 Å². The van der Waals surface area contributed by atoms with Crippen molar-refractivity contribution in [3.05, 3.63) is 107 Å². The highest BCUT2D eigenvalue weighted by molar-refractivity contribution is 9.10. The molecule has 0 bridgehead atoms. The van der Waals surface area contributed by atoms with Gasteiger partial charge in [0.15, 0.2) is 0 Å². The molecule has 142 valence electrons. The molecule has 0 atom stereocenters. The molecule has 0 aliphatic carbocycles. The second kappa shape index (κ2) is 6.65. The predicted molar refractivity (Wildman–Crippen MR) is 129 cm³/mol. The van der Waals surface area contributed by atoms with Gasteiger partial charge in [-0.1, -0.05) is 88.7 Å². The van der Waals surface area contributed by atoms with Crippen molar-refractivity contribution in [2.75, 3.05) is 0 Å². The van der Waals surface area contributed by atoms with Crippen LogP contribution >= 0.6 is 15.9 Å². The molecule has 0 heterocycles. The summed E-state index contributed by atoms with van der Waals surface area (Å²) in [5.74, 6) is -0.212. The molecule has 0 radical (unpaired) electrons. The van der Waals surface area contributed by atoms with Crippen molar-refractivity contribution in [3.63, 3.8) is 0 Å². The van der Waals surface area contributed by atoms with Gasteiger partial charge in [-0.2, -0.15) is 0 Å². The van der Waals surface area contributed by atoms with Crippen LogP contribution in [0.2, 0.25) is 0 Å². The highest BCUT2D eigenvalue weighted by atomic mass is 79.9. The summed E-state index contributed by atoms with van der Waals surface area (Å²) in [4.78, 5) is 0. The van der Waals surface area contributed by atoms with Crippen LogP contribution in [0.1, 0.15) is 0 Å². The molecule has 6 aromatic rings. The SMILES string of the molecule is Fc1ccc(-c2ccc3ccc4c(-c5ccc(Br)cc5)ccc5ccc2c3c54)cc1. The van der Waals surface area contributed by atoms with Gasteiger partial charge in [0, 0.05) is 4.47 Å². The average molecular weight is 451 g/mol. The van der Waals surface area contributed by atoms with E-state index in [1.165, 1.54) is 55.6 Å². The Morgan fingerprint density at radius 3 is 1.40 bits per heavy atom. The molecular formula is C28H16BrF. The molecule has 2 heteroatoms. The van der Waals surface area contributed by atoms with E-state index in [-0.39, 0.29) is 5.82 Å². The smallest absolute Gasteiger partial charge is 0.123 e. The van der Waals surface area contributed by atoms with E-state index in [1.54, 1.807) is 0 Å². The highest BCUT2D eigenvalue weighted by Crippen LogP contribution is 2.42. The van der Waals surface area contributed by atoms with Crippen molar-refractivity contribution >= 4 is 48.2 Å². The monoisotopic (exact) mass is 450 g/mol. The number of halogens is 2. The maximum Gasteiger partial charge on any atom is 0.123 e. The molecule has 0 amide bonds. The summed E-state index contributed by atoms with van der Waals surface area (Å²) in [6.45, 7) is 0. The molecular weight excluding hydrogens is 435 g/mol. The molecule has 0 aromatic heterocycles. The van der Waals surface area contributed by atoms with Crippen molar-refractivity contribution in [2.24, 2.45) is 0 Å². The molecule has 0 spiro atoms. The zero-order chi connectivity index (χ0) is 20.2. The summed E-state index contributed by atoms with van der Waals surface area (Å²) in [6.07, 6.45) is 0. The fourth-order valence-corrected chi connectivity index (χ4v) is 4.83. The quantitative estimate of drug-likeness (QED) is 0.231. The predicted octanol–water partition coefficient (Wildman–Crippen LogP) is 8.82. The second-order valence-electron chi connectivity index (χ2n) is 7.66. The molecule has 6 aromatic carbocycles. The van der Waals surface area contributed by atoms with Gasteiger partial charge >= 0.3 is 0 Å². The summed E-state index contributed by atoms with van der Waals surface area (Å²) in [5.41, 5.74) is 4.60. The first-order chi connectivity index (χ1) is 14.7. The van der Waals surface area contributed by atoms with Crippen LogP contribution in [0.4, 0.5) is 4.39 Å². The highest BCUT2D eigenvalue weighted by Gasteiger charge is 2.14. The first-order valence-electron chi connectivity index (χ1n) is 9.91. The Labute approximate surface area is 182 Å². The van der Waals surface area contributed by atoms with Gasteiger partial charge in [-0.15, -0.1) is 0 Å². The van der Waals surface area contributed by atoms with E-state index in [2.05, 4.69) is 88.7 Å². The molecule has 0 nitrogen and oxygen atoms in total. The molecule has 0 N–H and O–H groups in total. The Bertz CT molecular complexity index is 1410. The van der Waals surface area contributed by atoms with E-state index >= 15 is 0 Å². The van der Waals surface area contributed by atoms with E-state index < -0.39 is 0 Å². The van der Waals surface area contributed by atoms with Crippen molar-refractivity contribution in [2.45, 2.75) is 0 Å². The van der Waals surface area contributed by atoms with Crippen molar-refractivity contribution < 1.29 is 4.39 Å². The first-order valence-corrected chi connectivity index (χ1v) is 10.7. The lowest BCUT2D eigenvalue weighted by molar-refractivity contribution is 0.628. The minimum atomic E-state index is -0.212. The molecule has 30 heavy (non-hydrogen) atoms. The van der Waals surface area contributed by atoms with Gasteiger partial charge in [-0.05, 0) is 78.8 Å². The van der Waals surface area contributed by atoms with Crippen molar-refractivity contribution in [1.82, 2.24) is 0 Å². The Hall–Kier alpha value is -3.23.